The maximum Gasteiger partial charge on any atom is 0.417 e. The number of aromatic carboxylic acids is 1. The molecule has 0 amide bonds. The number of carboxylic acids is 1. The number of benzene rings is 1. The third kappa shape index (κ3) is 4.26. The molecule has 3 rings (SSSR count). The van der Waals surface area contributed by atoms with Crippen molar-refractivity contribution in [2.75, 3.05) is 6.61 Å². The lowest BCUT2D eigenvalue weighted by atomic mass is 10.0. The fourth-order valence-corrected chi connectivity index (χ4v) is 3.33. The summed E-state index contributed by atoms with van der Waals surface area (Å²) in [6, 6.07) is 4.54. The van der Waals surface area contributed by atoms with Gasteiger partial charge >= 0.3 is 12.1 Å². The van der Waals surface area contributed by atoms with E-state index in [1.54, 1.807) is 0 Å². The average Bonchev–Trinajstić information content (AvgIpc) is 3.14. The number of ether oxygens (including phenoxy) is 1. The summed E-state index contributed by atoms with van der Waals surface area (Å²) in [6.07, 6.45) is -1.18. The Balaban J connectivity index is 2.10. The van der Waals surface area contributed by atoms with Crippen molar-refractivity contribution in [3.63, 3.8) is 0 Å². The van der Waals surface area contributed by atoms with Crippen LogP contribution >= 0.6 is 0 Å². The Morgan fingerprint density at radius 3 is 2.50 bits per heavy atom. The molecule has 0 bridgehead atoms. The molecular formula is C20H19F4NO3. The van der Waals surface area contributed by atoms with Gasteiger partial charge in [-0.15, -0.1) is 0 Å². The summed E-state index contributed by atoms with van der Waals surface area (Å²) in [6.45, 7) is 1.62. The lowest BCUT2D eigenvalue weighted by molar-refractivity contribution is -0.138. The number of alkyl halides is 3. The number of pyridine rings is 1. The Labute approximate surface area is 159 Å². The van der Waals surface area contributed by atoms with Gasteiger partial charge in [-0.3, -0.25) is 0 Å². The van der Waals surface area contributed by atoms with Gasteiger partial charge in [-0.25, -0.2) is 14.2 Å². The first-order valence-corrected chi connectivity index (χ1v) is 8.91. The third-order valence-electron chi connectivity index (χ3n) is 4.90. The van der Waals surface area contributed by atoms with Crippen LogP contribution in [-0.2, 0) is 6.18 Å². The average molecular weight is 397 g/mol. The van der Waals surface area contributed by atoms with Gasteiger partial charge in [0.05, 0.1) is 17.9 Å². The number of rotatable bonds is 5. The molecule has 1 fully saturated rings. The number of nitrogens with zero attached hydrogens (tertiary/aromatic N) is 1. The van der Waals surface area contributed by atoms with Crippen molar-refractivity contribution in [2.45, 2.75) is 38.8 Å². The molecule has 1 saturated carbocycles. The van der Waals surface area contributed by atoms with Crippen molar-refractivity contribution in [3.05, 3.63) is 46.8 Å². The van der Waals surface area contributed by atoms with Crippen molar-refractivity contribution in [2.24, 2.45) is 5.92 Å². The summed E-state index contributed by atoms with van der Waals surface area (Å²) in [5.74, 6) is -2.81. The standard InChI is InChI=1S/C20H19F4NO3/c1-11-6-7-13(8-15(11)21)16-9-14(20(22,23)24)17(19(26)27)18(25-16)28-10-12-4-2-3-5-12/h6-9,12H,2-5,10H2,1H3,(H,26,27). The van der Waals surface area contributed by atoms with Crippen molar-refractivity contribution in [1.82, 2.24) is 4.98 Å². The molecule has 1 aliphatic rings. The number of aryl methyl sites for hydroxylation is 1. The second-order valence-electron chi connectivity index (χ2n) is 6.96. The highest BCUT2D eigenvalue weighted by Gasteiger charge is 2.39. The first kappa shape index (κ1) is 20.1. The molecule has 0 unspecified atom stereocenters. The van der Waals surface area contributed by atoms with Crippen LogP contribution in [0.4, 0.5) is 17.6 Å². The molecule has 2 aromatic rings. The maximum atomic E-state index is 13.9. The van der Waals surface area contributed by atoms with Gasteiger partial charge in [0.1, 0.15) is 11.4 Å². The Hall–Kier alpha value is -2.64. The van der Waals surface area contributed by atoms with Gasteiger partial charge in [0, 0.05) is 5.56 Å². The minimum atomic E-state index is -4.93. The predicted octanol–water partition coefficient (Wildman–Crippen LogP) is 5.48. The van der Waals surface area contributed by atoms with E-state index in [1.807, 2.05) is 0 Å². The monoisotopic (exact) mass is 397 g/mol. The van der Waals surface area contributed by atoms with Crippen LogP contribution in [-0.4, -0.2) is 22.7 Å². The predicted molar refractivity (Wildman–Crippen MR) is 93.8 cm³/mol. The summed E-state index contributed by atoms with van der Waals surface area (Å²) in [5.41, 5.74) is -2.15. The van der Waals surface area contributed by atoms with E-state index in [-0.39, 0.29) is 23.8 Å². The summed E-state index contributed by atoms with van der Waals surface area (Å²) in [4.78, 5) is 15.6. The van der Waals surface area contributed by atoms with E-state index in [0.717, 1.165) is 31.7 Å². The normalized spacial score (nSPS) is 15.0. The van der Waals surface area contributed by atoms with Crippen LogP contribution in [0.1, 0.15) is 47.2 Å². The van der Waals surface area contributed by atoms with E-state index >= 15 is 0 Å². The van der Waals surface area contributed by atoms with Crippen LogP contribution in [0.3, 0.4) is 0 Å². The molecule has 0 radical (unpaired) electrons. The minimum absolute atomic E-state index is 0.0935. The first-order chi connectivity index (χ1) is 13.2. The Bertz CT molecular complexity index is 890. The SMILES string of the molecule is Cc1ccc(-c2cc(C(F)(F)F)c(C(=O)O)c(OCC3CCCC3)n2)cc1F. The minimum Gasteiger partial charge on any atom is -0.477 e. The Kier molecular flexibility index (Phi) is 5.58. The number of carbonyl (C=O) groups is 1. The van der Waals surface area contributed by atoms with Crippen molar-refractivity contribution >= 4 is 5.97 Å². The van der Waals surface area contributed by atoms with Gasteiger partial charge in [0.2, 0.25) is 5.88 Å². The smallest absolute Gasteiger partial charge is 0.417 e. The fraction of sp³-hybridized carbons (Fsp3) is 0.400. The number of aromatic nitrogens is 1. The van der Waals surface area contributed by atoms with Gasteiger partial charge in [-0.05, 0) is 43.4 Å². The second-order valence-corrected chi connectivity index (χ2v) is 6.96. The highest BCUT2D eigenvalue weighted by Crippen LogP contribution is 2.38. The van der Waals surface area contributed by atoms with Gasteiger partial charge < -0.3 is 9.84 Å². The molecular weight excluding hydrogens is 378 g/mol. The lowest BCUT2D eigenvalue weighted by Crippen LogP contribution is -2.18. The van der Waals surface area contributed by atoms with Crippen LogP contribution in [0.25, 0.3) is 11.3 Å². The zero-order chi connectivity index (χ0) is 20.5. The molecule has 0 atom stereocenters. The zero-order valence-electron chi connectivity index (χ0n) is 15.1. The van der Waals surface area contributed by atoms with Crippen LogP contribution in [0.2, 0.25) is 0 Å². The molecule has 8 heteroatoms. The summed E-state index contributed by atoms with van der Waals surface area (Å²) < 4.78 is 60.0. The molecule has 0 spiro atoms. The third-order valence-corrected chi connectivity index (χ3v) is 4.90. The van der Waals surface area contributed by atoms with Crippen molar-refractivity contribution in [3.8, 4) is 17.1 Å². The largest absolute Gasteiger partial charge is 0.477 e. The van der Waals surface area contributed by atoms with Gasteiger partial charge in [0.15, 0.2) is 0 Å². The quantitative estimate of drug-likeness (QED) is 0.679. The number of halogens is 4. The molecule has 4 nitrogen and oxygen atoms in total. The van der Waals surface area contributed by atoms with E-state index in [2.05, 4.69) is 4.98 Å². The molecule has 1 aromatic carbocycles. The van der Waals surface area contributed by atoms with E-state index < -0.39 is 35.0 Å². The Morgan fingerprint density at radius 2 is 1.93 bits per heavy atom. The second kappa shape index (κ2) is 7.77. The van der Waals surface area contributed by atoms with Gasteiger partial charge in [-0.1, -0.05) is 25.0 Å². The fourth-order valence-electron chi connectivity index (χ4n) is 3.33. The van der Waals surface area contributed by atoms with Crippen molar-refractivity contribution in [1.29, 1.82) is 0 Å². The molecule has 28 heavy (non-hydrogen) atoms. The van der Waals surface area contributed by atoms with Gasteiger partial charge in [-0.2, -0.15) is 13.2 Å². The zero-order valence-corrected chi connectivity index (χ0v) is 15.1. The highest BCUT2D eigenvalue weighted by atomic mass is 19.4. The summed E-state index contributed by atoms with van der Waals surface area (Å²) in [5, 5.41) is 9.36. The van der Waals surface area contributed by atoms with E-state index in [0.29, 0.717) is 11.6 Å². The summed E-state index contributed by atoms with van der Waals surface area (Å²) >= 11 is 0. The molecule has 1 heterocycles. The molecule has 1 aromatic heterocycles. The van der Waals surface area contributed by atoms with Crippen LogP contribution < -0.4 is 4.74 Å². The van der Waals surface area contributed by atoms with Crippen LogP contribution in [0.15, 0.2) is 24.3 Å². The van der Waals surface area contributed by atoms with Crippen LogP contribution in [0.5, 0.6) is 5.88 Å². The highest BCUT2D eigenvalue weighted by molar-refractivity contribution is 5.93. The van der Waals surface area contributed by atoms with Crippen LogP contribution in [0, 0.1) is 18.7 Å². The Morgan fingerprint density at radius 1 is 1.25 bits per heavy atom. The number of hydrogen-bond acceptors (Lipinski definition) is 3. The number of hydrogen-bond donors (Lipinski definition) is 1. The maximum absolute atomic E-state index is 13.9. The van der Waals surface area contributed by atoms with Crippen molar-refractivity contribution < 1.29 is 32.2 Å². The number of carboxylic acid groups (broad SMARTS) is 1. The lowest BCUT2D eigenvalue weighted by Gasteiger charge is -2.18. The molecule has 150 valence electrons. The van der Waals surface area contributed by atoms with E-state index in [9.17, 15) is 27.5 Å². The summed E-state index contributed by atoms with van der Waals surface area (Å²) in [7, 11) is 0. The molecule has 1 aliphatic carbocycles. The molecule has 0 aliphatic heterocycles. The molecule has 0 saturated heterocycles. The first-order valence-electron chi connectivity index (χ1n) is 8.91. The van der Waals surface area contributed by atoms with E-state index in [4.69, 9.17) is 4.74 Å². The topological polar surface area (TPSA) is 59.4 Å². The van der Waals surface area contributed by atoms with Gasteiger partial charge in [0.25, 0.3) is 0 Å². The van der Waals surface area contributed by atoms with E-state index in [1.165, 1.54) is 19.1 Å². The molecule has 1 N–H and O–H groups in total.